The maximum Gasteiger partial charge on any atom is 0.310 e. The molecule has 1 atom stereocenters. The molecule has 1 rings (SSSR count). The molecule has 0 spiro atoms. The maximum atomic E-state index is 11.4. The normalized spacial score (nSPS) is 11.9. The number of ether oxygens (including phenoxy) is 1. The third-order valence-corrected chi connectivity index (χ3v) is 3.13. The zero-order valence-electron chi connectivity index (χ0n) is 10.5. The number of benzene rings is 1. The summed E-state index contributed by atoms with van der Waals surface area (Å²) in [6, 6.07) is 8.15. The predicted molar refractivity (Wildman–Crippen MR) is 72.5 cm³/mol. The van der Waals surface area contributed by atoms with Crippen LogP contribution in [0.2, 0.25) is 0 Å². The molecule has 0 aliphatic rings. The van der Waals surface area contributed by atoms with E-state index in [-0.39, 0.29) is 11.9 Å². The Labute approximate surface area is 107 Å². The number of thioether (sulfide) groups is 1. The fraction of sp³-hybridized carbons (Fsp3) is 0.462. The molecule has 0 heterocycles. The minimum absolute atomic E-state index is 0.129. The zero-order valence-corrected chi connectivity index (χ0v) is 11.3. The Balaban J connectivity index is 2.41. The number of carbonyl (C=O) groups is 1. The van der Waals surface area contributed by atoms with Gasteiger partial charge in [0.2, 0.25) is 0 Å². The van der Waals surface area contributed by atoms with E-state index in [2.05, 4.69) is 17.4 Å². The average Bonchev–Trinajstić information content (AvgIpc) is 2.36. The van der Waals surface area contributed by atoms with Crippen LogP contribution in [0.25, 0.3) is 0 Å². The van der Waals surface area contributed by atoms with Crippen molar-refractivity contribution in [2.75, 3.05) is 24.7 Å². The molecule has 4 heteroatoms. The first kappa shape index (κ1) is 13.9. The molecule has 1 unspecified atom stereocenters. The van der Waals surface area contributed by atoms with Gasteiger partial charge < -0.3 is 10.1 Å². The van der Waals surface area contributed by atoms with Crippen molar-refractivity contribution >= 4 is 23.4 Å². The molecule has 0 aromatic heterocycles. The van der Waals surface area contributed by atoms with Crippen LogP contribution in [0.3, 0.4) is 0 Å². The van der Waals surface area contributed by atoms with Gasteiger partial charge in [0.15, 0.2) is 0 Å². The second kappa shape index (κ2) is 7.22. The molecule has 1 aromatic rings. The van der Waals surface area contributed by atoms with Gasteiger partial charge in [-0.1, -0.05) is 6.92 Å². The summed E-state index contributed by atoms with van der Waals surface area (Å²) in [5, 5.41) is 3.22. The molecule has 0 saturated heterocycles. The third-order valence-electron chi connectivity index (χ3n) is 2.39. The SMILES string of the molecule is CCOC(=O)C(C)CNc1ccc(SC)cc1. The predicted octanol–water partition coefficient (Wildman–Crippen LogP) is 3.02. The lowest BCUT2D eigenvalue weighted by atomic mass is 10.2. The first-order valence-electron chi connectivity index (χ1n) is 5.72. The number of nitrogens with one attached hydrogen (secondary N) is 1. The van der Waals surface area contributed by atoms with Crippen LogP contribution in [0.5, 0.6) is 0 Å². The Kier molecular flexibility index (Phi) is 5.91. The van der Waals surface area contributed by atoms with Crippen LogP contribution in [-0.4, -0.2) is 25.4 Å². The Bertz CT molecular complexity index is 351. The van der Waals surface area contributed by atoms with Gasteiger partial charge in [0.05, 0.1) is 12.5 Å². The Hall–Kier alpha value is -1.16. The molecule has 1 N–H and O–H groups in total. The van der Waals surface area contributed by atoms with Crippen molar-refractivity contribution in [1.82, 2.24) is 0 Å². The number of hydrogen-bond donors (Lipinski definition) is 1. The van der Waals surface area contributed by atoms with Crippen LogP contribution in [0.1, 0.15) is 13.8 Å². The highest BCUT2D eigenvalue weighted by molar-refractivity contribution is 7.98. The summed E-state index contributed by atoms with van der Waals surface area (Å²) in [6.45, 7) is 4.71. The number of anilines is 1. The van der Waals surface area contributed by atoms with E-state index in [9.17, 15) is 4.79 Å². The second-order valence-electron chi connectivity index (χ2n) is 3.76. The number of esters is 1. The number of carbonyl (C=O) groups excluding carboxylic acids is 1. The van der Waals surface area contributed by atoms with E-state index >= 15 is 0 Å². The van der Waals surface area contributed by atoms with Gasteiger partial charge >= 0.3 is 5.97 Å². The van der Waals surface area contributed by atoms with E-state index in [4.69, 9.17) is 4.74 Å². The van der Waals surface area contributed by atoms with Crippen molar-refractivity contribution in [1.29, 1.82) is 0 Å². The minimum atomic E-state index is -0.152. The first-order chi connectivity index (χ1) is 8.17. The van der Waals surface area contributed by atoms with Gasteiger partial charge in [0.25, 0.3) is 0 Å². The molecule has 3 nitrogen and oxygen atoms in total. The summed E-state index contributed by atoms with van der Waals surface area (Å²) in [4.78, 5) is 12.6. The molecule has 0 aliphatic carbocycles. The highest BCUT2D eigenvalue weighted by Crippen LogP contribution is 2.17. The van der Waals surface area contributed by atoms with Crippen LogP contribution >= 0.6 is 11.8 Å². The van der Waals surface area contributed by atoms with E-state index in [1.807, 2.05) is 32.2 Å². The topological polar surface area (TPSA) is 38.3 Å². The van der Waals surface area contributed by atoms with Crippen LogP contribution in [-0.2, 0) is 9.53 Å². The smallest absolute Gasteiger partial charge is 0.310 e. The van der Waals surface area contributed by atoms with Gasteiger partial charge in [-0.15, -0.1) is 11.8 Å². The fourth-order valence-electron chi connectivity index (χ4n) is 1.35. The van der Waals surface area contributed by atoms with Gasteiger partial charge in [-0.3, -0.25) is 4.79 Å². The van der Waals surface area contributed by atoms with Crippen molar-refractivity contribution in [3.05, 3.63) is 24.3 Å². The summed E-state index contributed by atoms with van der Waals surface area (Å²) in [7, 11) is 0. The summed E-state index contributed by atoms with van der Waals surface area (Å²) in [5.74, 6) is -0.282. The number of rotatable bonds is 6. The van der Waals surface area contributed by atoms with Gasteiger partial charge in [-0.25, -0.2) is 0 Å². The first-order valence-corrected chi connectivity index (χ1v) is 6.94. The molecule has 0 radical (unpaired) electrons. The minimum Gasteiger partial charge on any atom is -0.466 e. The van der Waals surface area contributed by atoms with Crippen LogP contribution < -0.4 is 5.32 Å². The van der Waals surface area contributed by atoms with Gasteiger partial charge in [0.1, 0.15) is 0 Å². The quantitative estimate of drug-likeness (QED) is 0.625. The Morgan fingerprint density at radius 2 is 2.06 bits per heavy atom. The monoisotopic (exact) mass is 253 g/mol. The van der Waals surface area contributed by atoms with E-state index < -0.39 is 0 Å². The molecule has 0 bridgehead atoms. The summed E-state index contributed by atoms with van der Waals surface area (Å²) >= 11 is 1.71. The molecular weight excluding hydrogens is 234 g/mol. The third kappa shape index (κ3) is 4.69. The van der Waals surface area contributed by atoms with E-state index in [1.54, 1.807) is 11.8 Å². The standard InChI is InChI=1S/C13H19NO2S/c1-4-16-13(15)10(2)9-14-11-5-7-12(17-3)8-6-11/h5-8,10,14H,4,9H2,1-3H3. The molecule has 0 amide bonds. The van der Waals surface area contributed by atoms with Crippen LogP contribution in [0.15, 0.2) is 29.2 Å². The zero-order chi connectivity index (χ0) is 12.7. The highest BCUT2D eigenvalue weighted by atomic mass is 32.2. The van der Waals surface area contributed by atoms with Gasteiger partial charge in [0, 0.05) is 17.1 Å². The maximum absolute atomic E-state index is 11.4. The lowest BCUT2D eigenvalue weighted by molar-refractivity contribution is -0.146. The van der Waals surface area contributed by atoms with E-state index in [1.165, 1.54) is 4.90 Å². The van der Waals surface area contributed by atoms with Crippen molar-refractivity contribution in [2.24, 2.45) is 5.92 Å². The van der Waals surface area contributed by atoms with Gasteiger partial charge in [-0.05, 0) is 37.4 Å². The summed E-state index contributed by atoms with van der Waals surface area (Å²) in [5.41, 5.74) is 1.03. The summed E-state index contributed by atoms with van der Waals surface area (Å²) < 4.78 is 4.95. The number of hydrogen-bond acceptors (Lipinski definition) is 4. The Morgan fingerprint density at radius 3 is 2.59 bits per heavy atom. The lowest BCUT2D eigenvalue weighted by Crippen LogP contribution is -2.22. The largest absolute Gasteiger partial charge is 0.466 e. The second-order valence-corrected chi connectivity index (χ2v) is 4.64. The summed E-state index contributed by atoms with van der Waals surface area (Å²) in [6.07, 6.45) is 2.05. The molecule has 1 aromatic carbocycles. The molecule has 94 valence electrons. The van der Waals surface area contributed by atoms with Crippen molar-refractivity contribution in [3.63, 3.8) is 0 Å². The Morgan fingerprint density at radius 1 is 1.41 bits per heavy atom. The molecule has 0 saturated carbocycles. The molecule has 0 aliphatic heterocycles. The highest BCUT2D eigenvalue weighted by Gasteiger charge is 2.13. The van der Waals surface area contributed by atoms with Crippen molar-refractivity contribution in [3.8, 4) is 0 Å². The molecular formula is C13H19NO2S. The van der Waals surface area contributed by atoms with E-state index in [0.29, 0.717) is 13.2 Å². The fourth-order valence-corrected chi connectivity index (χ4v) is 1.76. The van der Waals surface area contributed by atoms with Crippen LogP contribution in [0.4, 0.5) is 5.69 Å². The lowest BCUT2D eigenvalue weighted by Gasteiger charge is -2.12. The van der Waals surface area contributed by atoms with Crippen LogP contribution in [0, 0.1) is 5.92 Å². The van der Waals surface area contributed by atoms with Crippen molar-refractivity contribution in [2.45, 2.75) is 18.7 Å². The van der Waals surface area contributed by atoms with Gasteiger partial charge in [-0.2, -0.15) is 0 Å². The average molecular weight is 253 g/mol. The van der Waals surface area contributed by atoms with Crippen molar-refractivity contribution < 1.29 is 9.53 Å². The van der Waals surface area contributed by atoms with E-state index in [0.717, 1.165) is 5.69 Å². The molecule has 0 fully saturated rings. The molecule has 17 heavy (non-hydrogen) atoms.